The van der Waals surface area contributed by atoms with Crippen molar-refractivity contribution >= 4 is 29.9 Å². The molecule has 0 bridgehead atoms. The Hall–Kier alpha value is -2.32. The lowest BCUT2D eigenvalue weighted by Gasteiger charge is -2.29. The minimum absolute atomic E-state index is 0.711. The first-order chi connectivity index (χ1) is 16.7. The van der Waals surface area contributed by atoms with E-state index in [0.29, 0.717) is 6.61 Å². The zero-order chi connectivity index (χ0) is 23.6. The Morgan fingerprint density at radius 2 is 1.97 bits per heavy atom. The van der Waals surface area contributed by atoms with Crippen molar-refractivity contribution in [2.75, 3.05) is 69.2 Å². The summed E-state index contributed by atoms with van der Waals surface area (Å²) in [7, 11) is 1.73. The number of rotatable bonds is 11. The molecule has 2 aromatic carbocycles. The first-order valence-electron chi connectivity index (χ1n) is 12.0. The lowest BCUT2D eigenvalue weighted by atomic mass is 9.99. The van der Waals surface area contributed by atoms with Gasteiger partial charge in [0.1, 0.15) is 0 Å². The van der Waals surface area contributed by atoms with Gasteiger partial charge in [-0.05, 0) is 54.1 Å². The van der Waals surface area contributed by atoms with Crippen molar-refractivity contribution in [2.45, 2.75) is 19.4 Å². The van der Waals surface area contributed by atoms with Crippen LogP contribution in [0.25, 0.3) is 0 Å². The van der Waals surface area contributed by atoms with Gasteiger partial charge in [0.25, 0.3) is 0 Å². The highest BCUT2D eigenvalue weighted by atomic mass is 32.2. The summed E-state index contributed by atoms with van der Waals surface area (Å²) in [6.45, 7) is 10.8. The average Bonchev–Trinajstić information content (AvgIpc) is 2.88. The van der Waals surface area contributed by atoms with Crippen molar-refractivity contribution in [2.24, 2.45) is 4.99 Å². The summed E-state index contributed by atoms with van der Waals surface area (Å²) >= 11 is 1.87. The third-order valence-electron chi connectivity index (χ3n) is 6.29. The van der Waals surface area contributed by atoms with E-state index in [9.17, 15) is 0 Å². The van der Waals surface area contributed by atoms with Crippen LogP contribution in [0.15, 0.2) is 58.6 Å². The van der Waals surface area contributed by atoms with Crippen molar-refractivity contribution in [3.8, 4) is 0 Å². The Balaban J connectivity index is 1.30. The van der Waals surface area contributed by atoms with E-state index in [0.717, 1.165) is 64.7 Å². The largest absolute Gasteiger partial charge is 0.383 e. The maximum atomic E-state index is 5.47. The summed E-state index contributed by atoms with van der Waals surface area (Å²) in [5, 5.41) is 3.44. The van der Waals surface area contributed by atoms with Gasteiger partial charge in [-0.3, -0.25) is 9.89 Å². The lowest BCUT2D eigenvalue weighted by Crippen LogP contribution is -2.36. The van der Waals surface area contributed by atoms with E-state index in [-0.39, 0.29) is 0 Å². The third-order valence-corrected chi connectivity index (χ3v) is 7.41. The van der Waals surface area contributed by atoms with E-state index in [1.165, 1.54) is 33.0 Å². The fourth-order valence-electron chi connectivity index (χ4n) is 4.39. The molecular formula is C27H36N4O2S. The molecule has 1 saturated heterocycles. The average molecular weight is 481 g/mol. The number of allylic oxidation sites excluding steroid dienone is 1. The van der Waals surface area contributed by atoms with Gasteiger partial charge in [0.05, 0.1) is 19.8 Å². The summed E-state index contributed by atoms with van der Waals surface area (Å²) in [4.78, 5) is 10.2. The molecule has 2 aromatic rings. The number of benzene rings is 2. The third kappa shape index (κ3) is 7.09. The summed E-state index contributed by atoms with van der Waals surface area (Å²) in [5.41, 5.74) is 6.62. The SMILES string of the molecule is C=N/C=C(/Cc1ccc(N2CCOCC2)cc1)SCN1CCc2ccc(NCCOC)cc2C1. The van der Waals surface area contributed by atoms with Crippen LogP contribution in [0.5, 0.6) is 0 Å². The number of aliphatic imine (C=N–C) groups is 1. The van der Waals surface area contributed by atoms with E-state index in [4.69, 9.17) is 9.47 Å². The number of anilines is 2. The number of thioether (sulfide) groups is 1. The number of hydrogen-bond donors (Lipinski definition) is 1. The number of nitrogens with one attached hydrogen (secondary N) is 1. The second kappa shape index (κ2) is 13.0. The molecule has 0 atom stereocenters. The van der Waals surface area contributed by atoms with Gasteiger partial charge in [0, 0.05) is 74.6 Å². The molecule has 4 rings (SSSR count). The van der Waals surface area contributed by atoms with Gasteiger partial charge in [0.2, 0.25) is 0 Å². The molecule has 0 radical (unpaired) electrons. The molecule has 2 heterocycles. The second-order valence-electron chi connectivity index (χ2n) is 8.70. The molecule has 34 heavy (non-hydrogen) atoms. The van der Waals surface area contributed by atoms with E-state index in [2.05, 4.69) is 69.3 Å². The fourth-order valence-corrected chi connectivity index (χ4v) is 5.38. The summed E-state index contributed by atoms with van der Waals surface area (Å²) in [5.74, 6) is 0.952. The number of methoxy groups -OCH3 is 1. The molecule has 0 spiro atoms. The van der Waals surface area contributed by atoms with Gasteiger partial charge in [-0.2, -0.15) is 0 Å². The number of morpholine rings is 1. The molecule has 0 saturated carbocycles. The predicted molar refractivity (Wildman–Crippen MR) is 144 cm³/mol. The van der Waals surface area contributed by atoms with Gasteiger partial charge in [0.15, 0.2) is 0 Å². The van der Waals surface area contributed by atoms with Crippen LogP contribution in [0.4, 0.5) is 11.4 Å². The van der Waals surface area contributed by atoms with E-state index in [1.54, 1.807) is 7.11 Å². The molecule has 2 aliphatic rings. The Bertz CT molecular complexity index is 958. The molecule has 1 fully saturated rings. The standard InChI is InChI=1S/C27H36N4O2S/c1-28-19-27(17-22-3-7-26(8-4-22)31-12-15-33-16-13-31)34-21-30-11-9-23-5-6-25(18-24(23)20-30)29-10-14-32-2/h3-8,18-19,29H,1,9-17,20-21H2,2H3/b27-19-. The smallest absolute Gasteiger partial charge is 0.0642 e. The molecule has 182 valence electrons. The highest BCUT2D eigenvalue weighted by Gasteiger charge is 2.17. The highest BCUT2D eigenvalue weighted by Crippen LogP contribution is 2.28. The van der Waals surface area contributed by atoms with E-state index >= 15 is 0 Å². The number of hydrogen-bond acceptors (Lipinski definition) is 7. The highest BCUT2D eigenvalue weighted by molar-refractivity contribution is 8.03. The first-order valence-corrected chi connectivity index (χ1v) is 13.0. The normalized spacial score (nSPS) is 16.9. The monoisotopic (exact) mass is 480 g/mol. The molecule has 1 N–H and O–H groups in total. The number of fused-ring (bicyclic) bond motifs is 1. The van der Waals surface area contributed by atoms with Gasteiger partial charge < -0.3 is 19.7 Å². The van der Waals surface area contributed by atoms with Crippen molar-refractivity contribution in [1.29, 1.82) is 0 Å². The maximum absolute atomic E-state index is 5.47. The van der Waals surface area contributed by atoms with Crippen LogP contribution in [0, 0.1) is 0 Å². The lowest BCUT2D eigenvalue weighted by molar-refractivity contribution is 0.122. The Morgan fingerprint density at radius 1 is 1.15 bits per heavy atom. The van der Waals surface area contributed by atoms with Gasteiger partial charge in [-0.15, -0.1) is 11.8 Å². The van der Waals surface area contributed by atoms with Crippen LogP contribution in [0.1, 0.15) is 16.7 Å². The predicted octanol–water partition coefficient (Wildman–Crippen LogP) is 4.42. The van der Waals surface area contributed by atoms with Crippen LogP contribution >= 0.6 is 11.8 Å². The first kappa shape index (κ1) is 24.8. The van der Waals surface area contributed by atoms with Crippen molar-refractivity contribution in [3.05, 3.63) is 70.3 Å². The van der Waals surface area contributed by atoms with Crippen molar-refractivity contribution < 1.29 is 9.47 Å². The molecule has 2 aliphatic heterocycles. The van der Waals surface area contributed by atoms with Crippen molar-refractivity contribution in [3.63, 3.8) is 0 Å². The second-order valence-corrected chi connectivity index (χ2v) is 9.77. The Labute approximate surface area is 208 Å². The van der Waals surface area contributed by atoms with E-state index < -0.39 is 0 Å². The Morgan fingerprint density at radius 3 is 2.74 bits per heavy atom. The van der Waals surface area contributed by atoms with Crippen LogP contribution in [0.3, 0.4) is 0 Å². The zero-order valence-corrected chi connectivity index (χ0v) is 21.0. The van der Waals surface area contributed by atoms with Crippen LogP contribution in [-0.4, -0.2) is 70.6 Å². The van der Waals surface area contributed by atoms with Gasteiger partial charge in [-0.25, -0.2) is 0 Å². The quantitative estimate of drug-likeness (QED) is 0.380. The summed E-state index contributed by atoms with van der Waals surface area (Å²) in [6.07, 6.45) is 3.89. The zero-order valence-electron chi connectivity index (χ0n) is 20.2. The molecule has 0 amide bonds. The van der Waals surface area contributed by atoms with Gasteiger partial charge >= 0.3 is 0 Å². The maximum Gasteiger partial charge on any atom is 0.0642 e. The molecule has 0 aromatic heterocycles. The summed E-state index contributed by atoms with van der Waals surface area (Å²) < 4.78 is 10.6. The topological polar surface area (TPSA) is 49.3 Å². The summed E-state index contributed by atoms with van der Waals surface area (Å²) in [6, 6.07) is 15.7. The molecule has 0 unspecified atom stereocenters. The van der Waals surface area contributed by atoms with Crippen molar-refractivity contribution in [1.82, 2.24) is 4.90 Å². The Kier molecular flexibility index (Phi) is 9.44. The van der Waals surface area contributed by atoms with Gasteiger partial charge in [-0.1, -0.05) is 18.2 Å². The number of nitrogens with zero attached hydrogens (tertiary/aromatic N) is 3. The van der Waals surface area contributed by atoms with Crippen LogP contribution in [0.2, 0.25) is 0 Å². The fraction of sp³-hybridized carbons (Fsp3) is 0.444. The minimum atomic E-state index is 0.711. The molecular weight excluding hydrogens is 444 g/mol. The van der Waals surface area contributed by atoms with E-state index in [1.807, 2.05) is 18.0 Å². The number of ether oxygens (including phenoxy) is 2. The van der Waals surface area contributed by atoms with Crippen LogP contribution in [-0.2, 0) is 28.9 Å². The van der Waals surface area contributed by atoms with Crippen LogP contribution < -0.4 is 10.2 Å². The molecule has 6 nitrogen and oxygen atoms in total. The molecule has 0 aliphatic carbocycles. The molecule has 7 heteroatoms. The minimum Gasteiger partial charge on any atom is -0.383 e.